The number of nitrogens with zero attached hydrogens (tertiary/aromatic N) is 1. The molecule has 11 heteroatoms. The van der Waals surface area contributed by atoms with Crippen LogP contribution in [0.5, 0.6) is 0 Å². The lowest BCUT2D eigenvalue weighted by Crippen LogP contribution is -2.50. The minimum atomic E-state index is -4.74. The van der Waals surface area contributed by atoms with Gasteiger partial charge in [-0.1, -0.05) is 42.5 Å². The summed E-state index contributed by atoms with van der Waals surface area (Å²) in [5.41, 5.74) is -3.41. The van der Waals surface area contributed by atoms with E-state index in [0.29, 0.717) is 11.8 Å². The lowest BCUT2D eigenvalue weighted by molar-refractivity contribution is -0.138. The molecule has 0 fully saturated rings. The quantitative estimate of drug-likeness (QED) is 0.245. The van der Waals surface area contributed by atoms with Crippen LogP contribution in [0, 0.1) is 5.82 Å². The van der Waals surface area contributed by atoms with Crippen LogP contribution in [0.2, 0.25) is 0 Å². The molecular weight excluding hydrogens is 527 g/mol. The maximum atomic E-state index is 13.7. The molecule has 0 spiro atoms. The molecule has 0 saturated heterocycles. The molecule has 4 rings (SSSR count). The number of hydrogen-bond acceptors (Lipinski definition) is 2. The van der Waals surface area contributed by atoms with Gasteiger partial charge in [0.1, 0.15) is 11.4 Å². The Kier molecular flexibility index (Phi) is 7.62. The number of halogens is 7. The smallest absolute Gasteiger partial charge is 0.322 e. The third-order valence-corrected chi connectivity index (χ3v) is 5.95. The topological polar surface area (TPSA) is 54.0 Å². The highest BCUT2D eigenvalue weighted by atomic mass is 19.4. The number of aromatic nitrogens is 1. The molecule has 0 radical (unpaired) electrons. The lowest BCUT2D eigenvalue weighted by atomic mass is 9.79. The Hall–Kier alpha value is -4.41. The first kappa shape index (κ1) is 27.6. The van der Waals surface area contributed by atoms with Crippen molar-refractivity contribution in [2.45, 2.75) is 24.3 Å². The van der Waals surface area contributed by atoms with E-state index in [-0.39, 0.29) is 23.4 Å². The van der Waals surface area contributed by atoms with E-state index in [1.165, 1.54) is 18.2 Å². The van der Waals surface area contributed by atoms with Crippen molar-refractivity contribution in [1.82, 2.24) is 10.3 Å². The third-order valence-electron chi connectivity index (χ3n) is 5.95. The van der Waals surface area contributed by atoms with E-state index in [2.05, 4.69) is 15.6 Å². The van der Waals surface area contributed by atoms with E-state index >= 15 is 0 Å². The number of carbonyl (C=O) groups excluding carboxylic acids is 1. The fraction of sp³-hybridized carbons (Fsp3) is 0.143. The van der Waals surface area contributed by atoms with Gasteiger partial charge in [0.15, 0.2) is 0 Å². The molecule has 4 aromatic rings. The summed E-state index contributed by atoms with van der Waals surface area (Å²) in [4.78, 5) is 17.2. The number of nitrogens with one attached hydrogen (secondary N) is 2. The molecule has 0 aliphatic rings. The van der Waals surface area contributed by atoms with Gasteiger partial charge >= 0.3 is 18.4 Å². The van der Waals surface area contributed by atoms with Gasteiger partial charge in [-0.2, -0.15) is 26.3 Å². The van der Waals surface area contributed by atoms with Crippen LogP contribution in [0.15, 0.2) is 97.2 Å². The first-order valence-electron chi connectivity index (χ1n) is 11.5. The summed E-state index contributed by atoms with van der Waals surface area (Å²) in [6, 6.07) is 18.1. The molecule has 1 unspecified atom stereocenters. The second-order valence-corrected chi connectivity index (χ2v) is 8.66. The number of anilines is 1. The Morgan fingerprint density at radius 1 is 0.718 bits per heavy atom. The monoisotopic (exact) mass is 547 g/mol. The maximum Gasteiger partial charge on any atom is 0.417 e. The maximum absolute atomic E-state index is 13.7. The van der Waals surface area contributed by atoms with E-state index < -0.39 is 40.9 Å². The van der Waals surface area contributed by atoms with Crippen LogP contribution in [0.4, 0.5) is 41.2 Å². The van der Waals surface area contributed by atoms with E-state index in [0.717, 1.165) is 42.5 Å². The molecule has 0 aliphatic heterocycles. The van der Waals surface area contributed by atoms with Crippen LogP contribution in [-0.4, -0.2) is 11.0 Å². The zero-order valence-corrected chi connectivity index (χ0v) is 19.9. The van der Waals surface area contributed by atoms with Gasteiger partial charge in [0.2, 0.25) is 0 Å². The molecule has 0 bridgehead atoms. The summed E-state index contributed by atoms with van der Waals surface area (Å²) in [5, 5.41) is 5.14. The SMILES string of the molecule is O=C(Nc1ccc(F)cc1)NC(Cc1ccccc1)(c1cccc(C(F)(F)F)c1)c1ccc(C(F)(F)F)cn1. The second kappa shape index (κ2) is 10.8. The molecule has 1 atom stereocenters. The van der Waals surface area contributed by atoms with Crippen molar-refractivity contribution in [3.63, 3.8) is 0 Å². The highest BCUT2D eigenvalue weighted by molar-refractivity contribution is 5.90. The molecule has 202 valence electrons. The average molecular weight is 547 g/mol. The normalized spacial score (nSPS) is 13.4. The minimum Gasteiger partial charge on any atom is -0.322 e. The number of hydrogen-bond donors (Lipinski definition) is 2. The van der Waals surface area contributed by atoms with Gasteiger partial charge in [0.05, 0.1) is 16.8 Å². The number of carbonyl (C=O) groups is 1. The highest BCUT2D eigenvalue weighted by Crippen LogP contribution is 2.38. The predicted octanol–water partition coefficient (Wildman–Crippen LogP) is 7.57. The van der Waals surface area contributed by atoms with Crippen LogP contribution in [-0.2, 0) is 24.3 Å². The van der Waals surface area contributed by atoms with Crippen LogP contribution in [0.1, 0.15) is 27.9 Å². The molecule has 0 saturated carbocycles. The zero-order chi connectivity index (χ0) is 28.3. The molecule has 1 aromatic heterocycles. The van der Waals surface area contributed by atoms with E-state index in [4.69, 9.17) is 0 Å². The van der Waals surface area contributed by atoms with Gasteiger partial charge in [0, 0.05) is 18.3 Å². The number of amides is 2. The number of urea groups is 1. The van der Waals surface area contributed by atoms with E-state index in [9.17, 15) is 35.5 Å². The molecular formula is C28H20F7N3O. The Balaban J connectivity index is 1.89. The fourth-order valence-electron chi connectivity index (χ4n) is 4.09. The summed E-state index contributed by atoms with van der Waals surface area (Å²) in [6.07, 6.45) is -9.05. The Morgan fingerprint density at radius 3 is 1.95 bits per heavy atom. The first-order chi connectivity index (χ1) is 18.4. The molecule has 1 heterocycles. The second-order valence-electron chi connectivity index (χ2n) is 8.66. The summed E-state index contributed by atoms with van der Waals surface area (Å²) in [6.45, 7) is 0. The van der Waals surface area contributed by atoms with Crippen LogP contribution >= 0.6 is 0 Å². The van der Waals surface area contributed by atoms with Crippen molar-refractivity contribution in [2.75, 3.05) is 5.32 Å². The Labute approximate surface area is 218 Å². The largest absolute Gasteiger partial charge is 0.417 e. The summed E-state index contributed by atoms with van der Waals surface area (Å²) in [7, 11) is 0. The van der Waals surface area contributed by atoms with Gasteiger partial charge in [-0.3, -0.25) is 4.98 Å². The van der Waals surface area contributed by atoms with Crippen LogP contribution in [0.3, 0.4) is 0 Å². The van der Waals surface area contributed by atoms with Gasteiger partial charge in [-0.15, -0.1) is 0 Å². The van der Waals surface area contributed by atoms with Gasteiger partial charge < -0.3 is 10.6 Å². The van der Waals surface area contributed by atoms with Crippen molar-refractivity contribution in [3.8, 4) is 0 Å². The van der Waals surface area contributed by atoms with Crippen molar-refractivity contribution in [1.29, 1.82) is 0 Å². The van der Waals surface area contributed by atoms with Crippen LogP contribution in [0.25, 0.3) is 0 Å². The summed E-state index contributed by atoms with van der Waals surface area (Å²) in [5.74, 6) is -0.558. The van der Waals surface area contributed by atoms with Crippen molar-refractivity contribution in [2.24, 2.45) is 0 Å². The minimum absolute atomic E-state index is 0.0670. The molecule has 4 nitrogen and oxygen atoms in total. The number of benzene rings is 3. The number of alkyl halides is 6. The van der Waals surface area contributed by atoms with Gasteiger partial charge in [-0.05, 0) is 59.7 Å². The predicted molar refractivity (Wildman–Crippen MR) is 130 cm³/mol. The van der Waals surface area contributed by atoms with Crippen LogP contribution < -0.4 is 10.6 Å². The average Bonchev–Trinajstić information content (AvgIpc) is 2.89. The standard InChI is InChI=1S/C28H20F7N3O/c29-22-10-12-23(13-11-22)37-25(39)38-26(16-18-5-2-1-3-6-18,19-7-4-8-20(15-19)27(30,31)32)24-14-9-21(17-36-24)28(33,34)35/h1-15,17H,16H2,(H2,37,38,39). The zero-order valence-electron chi connectivity index (χ0n) is 19.9. The first-order valence-corrected chi connectivity index (χ1v) is 11.5. The number of rotatable bonds is 6. The molecule has 0 aliphatic carbocycles. The summed E-state index contributed by atoms with van der Waals surface area (Å²) < 4.78 is 94.2. The van der Waals surface area contributed by atoms with Crippen molar-refractivity contribution < 1.29 is 35.5 Å². The Morgan fingerprint density at radius 2 is 1.36 bits per heavy atom. The van der Waals surface area contributed by atoms with Gasteiger partial charge in [0.25, 0.3) is 0 Å². The van der Waals surface area contributed by atoms with Crippen molar-refractivity contribution >= 4 is 11.7 Å². The molecule has 39 heavy (non-hydrogen) atoms. The lowest BCUT2D eigenvalue weighted by Gasteiger charge is -2.36. The van der Waals surface area contributed by atoms with E-state index in [1.54, 1.807) is 30.3 Å². The third kappa shape index (κ3) is 6.54. The number of pyridine rings is 1. The van der Waals surface area contributed by atoms with Crippen molar-refractivity contribution in [3.05, 3.63) is 131 Å². The molecule has 2 N–H and O–H groups in total. The van der Waals surface area contributed by atoms with E-state index in [1.807, 2.05) is 0 Å². The van der Waals surface area contributed by atoms with Gasteiger partial charge in [-0.25, -0.2) is 9.18 Å². The highest BCUT2D eigenvalue weighted by Gasteiger charge is 2.41. The molecule has 3 aromatic carbocycles. The summed E-state index contributed by atoms with van der Waals surface area (Å²) >= 11 is 0. The molecule has 2 amide bonds. The Bertz CT molecular complexity index is 1420. The fourth-order valence-corrected chi connectivity index (χ4v) is 4.09.